The Kier molecular flexibility index (Phi) is 2.03. The van der Waals surface area contributed by atoms with Crippen LogP contribution in [-0.2, 0) is 0 Å². The lowest BCUT2D eigenvalue weighted by Crippen LogP contribution is -2.07. The smallest absolute Gasteiger partial charge is 0.217 e. The Bertz CT molecular complexity index is 555. The molecule has 0 N–H and O–H groups in total. The second-order valence-electron chi connectivity index (χ2n) is 3.68. The van der Waals surface area contributed by atoms with Crippen molar-refractivity contribution in [1.82, 2.24) is 14.8 Å². The number of hydrogen-bond donors (Lipinski definition) is 0. The van der Waals surface area contributed by atoms with Crippen molar-refractivity contribution in [1.29, 1.82) is 0 Å². The van der Waals surface area contributed by atoms with E-state index in [4.69, 9.17) is 1.37 Å². The highest BCUT2D eigenvalue weighted by molar-refractivity contribution is 9.10. The molecule has 0 fully saturated rings. The summed E-state index contributed by atoms with van der Waals surface area (Å²) in [5.74, 6) is 0.0678. The minimum Gasteiger partial charge on any atom is -0.239 e. The van der Waals surface area contributed by atoms with Crippen molar-refractivity contribution < 1.29 is 5.76 Å². The highest BCUT2D eigenvalue weighted by Crippen LogP contribution is 2.39. The van der Waals surface area contributed by atoms with Crippen molar-refractivity contribution in [3.05, 3.63) is 46.5 Å². The number of nitrogens with zero attached hydrogens (tertiary/aromatic N) is 3. The number of halogens is 2. The van der Waals surface area contributed by atoms with Crippen molar-refractivity contribution in [3.63, 3.8) is 0 Å². The Morgan fingerprint density at radius 1 is 1.44 bits per heavy atom. The number of alkyl halides is 1. The molecule has 2 atom stereocenters. The van der Waals surface area contributed by atoms with Crippen molar-refractivity contribution in [3.8, 4) is 0 Å². The van der Waals surface area contributed by atoms with Crippen LogP contribution in [0.5, 0.6) is 0 Å². The fourth-order valence-electron chi connectivity index (χ4n) is 1.98. The van der Waals surface area contributed by atoms with E-state index < -0.39 is 6.15 Å². The molecule has 0 spiro atoms. The average Bonchev–Trinajstić information content (AvgIpc) is 2.79. The Hall–Kier alpha value is -1.23. The molecule has 82 valence electrons. The molecule has 2 aromatic rings. The first-order valence-electron chi connectivity index (χ1n) is 5.44. The zero-order valence-corrected chi connectivity index (χ0v) is 9.85. The van der Waals surface area contributed by atoms with Crippen LogP contribution in [0.15, 0.2) is 35.1 Å². The molecular formula is C11H9BrFN3. The van der Waals surface area contributed by atoms with Crippen LogP contribution in [0.3, 0.4) is 0 Å². The van der Waals surface area contributed by atoms with Gasteiger partial charge in [0.05, 0.1) is 7.41 Å². The molecule has 3 nitrogen and oxygen atoms in total. The normalized spacial score (nSPS) is 28.9. The van der Waals surface area contributed by atoms with Crippen LogP contribution in [0, 0.1) is 0 Å². The van der Waals surface area contributed by atoms with Crippen molar-refractivity contribution in [2.24, 2.45) is 0 Å². The molecule has 1 aliphatic heterocycles. The van der Waals surface area contributed by atoms with E-state index in [1.807, 2.05) is 30.3 Å². The zero-order chi connectivity index (χ0) is 12.0. The highest BCUT2D eigenvalue weighted by Gasteiger charge is 2.34. The Morgan fingerprint density at radius 2 is 2.19 bits per heavy atom. The van der Waals surface area contributed by atoms with Gasteiger partial charge in [0.1, 0.15) is 0 Å². The van der Waals surface area contributed by atoms with Gasteiger partial charge in [0.25, 0.3) is 0 Å². The van der Waals surface area contributed by atoms with Gasteiger partial charge in [-0.05, 0) is 21.5 Å². The molecule has 0 aliphatic carbocycles. The molecule has 0 bridgehead atoms. The summed E-state index contributed by atoms with van der Waals surface area (Å²) in [6.45, 7) is 0. The Balaban J connectivity index is 2.11. The van der Waals surface area contributed by atoms with E-state index in [2.05, 4.69) is 26.0 Å². The number of rotatable bonds is 1. The van der Waals surface area contributed by atoms with E-state index in [1.54, 1.807) is 0 Å². The summed E-state index contributed by atoms with van der Waals surface area (Å²) in [6.07, 6.45) is -2.11. The quantitative estimate of drug-likeness (QED) is 0.805. The maximum absolute atomic E-state index is 14.1. The molecule has 1 aromatic heterocycles. The molecular weight excluding hydrogens is 273 g/mol. The van der Waals surface area contributed by atoms with Gasteiger partial charge >= 0.3 is 0 Å². The molecule has 0 saturated carbocycles. The fraction of sp³-hybridized carbons (Fsp3) is 0.273. The molecule has 0 radical (unpaired) electrons. The van der Waals surface area contributed by atoms with E-state index in [1.165, 1.54) is 4.68 Å². The number of benzene rings is 1. The van der Waals surface area contributed by atoms with Crippen molar-refractivity contribution in [2.45, 2.75) is 18.6 Å². The van der Waals surface area contributed by atoms with Gasteiger partial charge in [0, 0.05) is 6.42 Å². The standard InChI is InChI=1S/C11H9BrFN3/c12-11-14-10-8(13)6-9(16(10)15-11)7-4-2-1-3-5-7/h1-5,8-9H,6H2/t8-,9-/m0/s1/i8D. The van der Waals surface area contributed by atoms with Gasteiger partial charge < -0.3 is 0 Å². The lowest BCUT2D eigenvalue weighted by atomic mass is 10.0. The minimum absolute atomic E-state index is 0.0552. The third-order valence-corrected chi connectivity index (χ3v) is 3.04. The number of aromatic nitrogens is 3. The zero-order valence-electron chi connectivity index (χ0n) is 9.27. The molecule has 0 amide bonds. The van der Waals surface area contributed by atoms with Crippen molar-refractivity contribution >= 4 is 15.9 Å². The van der Waals surface area contributed by atoms with Gasteiger partial charge in [-0.2, -0.15) is 0 Å². The molecule has 1 aliphatic rings. The van der Waals surface area contributed by atoms with E-state index in [0.29, 0.717) is 4.73 Å². The van der Waals surface area contributed by atoms with Crippen LogP contribution in [-0.4, -0.2) is 14.8 Å². The summed E-state index contributed by atoms with van der Waals surface area (Å²) in [6, 6.07) is 9.25. The predicted octanol–water partition coefficient (Wildman–Crippen LogP) is 3.04. The van der Waals surface area contributed by atoms with Crippen molar-refractivity contribution in [2.75, 3.05) is 0 Å². The molecule has 3 rings (SSSR count). The highest BCUT2D eigenvalue weighted by atomic mass is 79.9. The van der Waals surface area contributed by atoms with Gasteiger partial charge in [0.15, 0.2) is 12.0 Å². The third kappa shape index (κ3) is 1.46. The van der Waals surface area contributed by atoms with E-state index >= 15 is 0 Å². The number of hydrogen-bond acceptors (Lipinski definition) is 2. The van der Waals surface area contributed by atoms with Gasteiger partial charge in [-0.25, -0.2) is 14.1 Å². The van der Waals surface area contributed by atoms with Crippen LogP contribution < -0.4 is 0 Å². The molecule has 0 saturated heterocycles. The summed E-state index contributed by atoms with van der Waals surface area (Å²) < 4.78 is 23.5. The molecule has 2 heterocycles. The van der Waals surface area contributed by atoms with Gasteiger partial charge in [0.2, 0.25) is 4.73 Å². The molecule has 1 aromatic carbocycles. The summed E-state index contributed by atoms with van der Waals surface area (Å²) in [5.41, 5.74) is 0.943. The number of fused-ring (bicyclic) bond motifs is 1. The summed E-state index contributed by atoms with van der Waals surface area (Å²) in [7, 11) is 0. The largest absolute Gasteiger partial charge is 0.239 e. The molecule has 16 heavy (non-hydrogen) atoms. The molecule has 0 unspecified atom stereocenters. The molecule has 5 heteroatoms. The average molecular weight is 283 g/mol. The Labute approximate surface area is 102 Å². The van der Waals surface area contributed by atoms with E-state index in [-0.39, 0.29) is 18.3 Å². The van der Waals surface area contributed by atoms with Gasteiger partial charge in [-0.3, -0.25) is 0 Å². The Morgan fingerprint density at radius 3 is 2.94 bits per heavy atom. The minimum atomic E-state index is -2.17. The van der Waals surface area contributed by atoms with Crippen LogP contribution in [0.4, 0.5) is 4.39 Å². The summed E-state index contributed by atoms with van der Waals surface area (Å²) >= 11 is 3.12. The first-order valence-corrected chi connectivity index (χ1v) is 5.73. The van der Waals surface area contributed by atoms with Crippen LogP contribution in [0.1, 0.15) is 31.4 Å². The maximum Gasteiger partial charge on any atom is 0.217 e. The van der Waals surface area contributed by atoms with E-state index in [9.17, 15) is 4.39 Å². The summed E-state index contributed by atoms with van der Waals surface area (Å²) in [5, 5.41) is 4.11. The second kappa shape index (κ2) is 3.66. The van der Waals surface area contributed by atoms with Gasteiger partial charge in [-0.15, -0.1) is 5.10 Å². The lowest BCUT2D eigenvalue weighted by Gasteiger charge is -2.10. The van der Waals surface area contributed by atoms with Crippen LogP contribution >= 0.6 is 15.9 Å². The monoisotopic (exact) mass is 282 g/mol. The van der Waals surface area contributed by atoms with Crippen LogP contribution in [0.25, 0.3) is 0 Å². The maximum atomic E-state index is 14.1. The first kappa shape index (κ1) is 8.87. The topological polar surface area (TPSA) is 30.7 Å². The van der Waals surface area contributed by atoms with E-state index in [0.717, 1.165) is 5.56 Å². The fourth-order valence-corrected chi connectivity index (χ4v) is 2.32. The second-order valence-corrected chi connectivity index (χ2v) is 4.39. The first-order chi connectivity index (χ1) is 8.08. The van der Waals surface area contributed by atoms with Crippen LogP contribution in [0.2, 0.25) is 0 Å². The van der Waals surface area contributed by atoms with Gasteiger partial charge in [-0.1, -0.05) is 30.3 Å². The summed E-state index contributed by atoms with van der Waals surface area (Å²) in [4.78, 5) is 3.93. The predicted molar refractivity (Wildman–Crippen MR) is 60.8 cm³/mol. The SMILES string of the molecule is [2H][C@]1(F)C[C@@H](c2ccccc2)n2nc(Br)nc21. The third-order valence-electron chi connectivity index (χ3n) is 2.70. The lowest BCUT2D eigenvalue weighted by molar-refractivity contribution is 0.328.